The van der Waals surface area contributed by atoms with Gasteiger partial charge in [0.15, 0.2) is 5.96 Å². The molecule has 0 unspecified atom stereocenters. The summed E-state index contributed by atoms with van der Waals surface area (Å²) in [5, 5.41) is 0. The molecule has 1 heterocycles. The van der Waals surface area contributed by atoms with Gasteiger partial charge in [0.25, 0.3) is 0 Å². The van der Waals surface area contributed by atoms with E-state index < -0.39 is 12.1 Å². The first-order chi connectivity index (χ1) is 9.47. The van der Waals surface area contributed by atoms with Gasteiger partial charge in [0.1, 0.15) is 0 Å². The molecule has 1 saturated carbocycles. The standard InChI is InChI=1S/C13H22F3N3S.HI/c14-13(15,16)11-3-1-10(2-4-11)9-18-12(17)19-5-7-20-8-6-19;/h10-11H,1-9H2,(H2,17,18);1H. The van der Waals surface area contributed by atoms with Crippen LogP contribution in [0.5, 0.6) is 0 Å². The SMILES string of the molecule is I.NC(=NCC1CCC(C(F)(F)F)CC1)N1CCSCC1. The van der Waals surface area contributed by atoms with Gasteiger partial charge in [0.2, 0.25) is 0 Å². The van der Waals surface area contributed by atoms with Crippen LogP contribution in [0.2, 0.25) is 0 Å². The zero-order valence-corrected chi connectivity index (χ0v) is 15.1. The van der Waals surface area contributed by atoms with Crippen LogP contribution in [0.1, 0.15) is 25.7 Å². The molecule has 0 spiro atoms. The maximum atomic E-state index is 12.6. The Kier molecular flexibility index (Phi) is 7.94. The van der Waals surface area contributed by atoms with E-state index in [4.69, 9.17) is 5.73 Å². The van der Waals surface area contributed by atoms with E-state index in [1.54, 1.807) is 0 Å². The molecule has 0 aromatic heterocycles. The molecular weight excluding hydrogens is 414 g/mol. The van der Waals surface area contributed by atoms with Gasteiger partial charge in [-0.1, -0.05) is 0 Å². The number of aliphatic imine (C=N–C) groups is 1. The largest absolute Gasteiger partial charge is 0.391 e. The van der Waals surface area contributed by atoms with Gasteiger partial charge < -0.3 is 10.6 Å². The van der Waals surface area contributed by atoms with Gasteiger partial charge in [-0.25, -0.2) is 0 Å². The van der Waals surface area contributed by atoms with E-state index in [2.05, 4.69) is 9.89 Å². The molecule has 0 atom stereocenters. The lowest BCUT2D eigenvalue weighted by Gasteiger charge is -2.30. The number of thioether (sulfide) groups is 1. The Bertz CT molecular complexity index is 338. The third kappa shape index (κ3) is 6.03. The molecule has 0 radical (unpaired) electrons. The van der Waals surface area contributed by atoms with Crippen molar-refractivity contribution in [1.82, 2.24) is 4.90 Å². The fraction of sp³-hybridized carbons (Fsp3) is 0.923. The van der Waals surface area contributed by atoms with Crippen molar-refractivity contribution in [2.75, 3.05) is 31.1 Å². The number of nitrogens with two attached hydrogens (primary N) is 1. The first-order valence-corrected chi connectivity index (χ1v) is 8.31. The van der Waals surface area contributed by atoms with Crippen molar-refractivity contribution in [2.24, 2.45) is 22.6 Å². The summed E-state index contributed by atoms with van der Waals surface area (Å²) >= 11 is 1.91. The molecule has 1 aliphatic heterocycles. The Balaban J connectivity index is 0.00000220. The molecule has 2 rings (SSSR count). The lowest BCUT2D eigenvalue weighted by molar-refractivity contribution is -0.183. The number of guanidine groups is 1. The van der Waals surface area contributed by atoms with Crippen molar-refractivity contribution < 1.29 is 13.2 Å². The minimum absolute atomic E-state index is 0. The van der Waals surface area contributed by atoms with Crippen LogP contribution in [0, 0.1) is 11.8 Å². The van der Waals surface area contributed by atoms with Crippen LogP contribution in [-0.2, 0) is 0 Å². The summed E-state index contributed by atoms with van der Waals surface area (Å²) in [6.07, 6.45) is -2.33. The highest BCUT2D eigenvalue weighted by atomic mass is 127. The smallest absolute Gasteiger partial charge is 0.370 e. The zero-order chi connectivity index (χ0) is 14.6. The zero-order valence-electron chi connectivity index (χ0n) is 11.9. The van der Waals surface area contributed by atoms with Crippen molar-refractivity contribution in [3.63, 3.8) is 0 Å². The summed E-state index contributed by atoms with van der Waals surface area (Å²) in [4.78, 5) is 6.46. The van der Waals surface area contributed by atoms with E-state index in [1.165, 1.54) is 0 Å². The fourth-order valence-corrected chi connectivity index (χ4v) is 3.69. The van der Waals surface area contributed by atoms with E-state index in [-0.39, 0.29) is 42.7 Å². The topological polar surface area (TPSA) is 41.6 Å². The second kappa shape index (κ2) is 8.69. The van der Waals surface area contributed by atoms with Gasteiger partial charge in [-0.15, -0.1) is 24.0 Å². The Morgan fingerprint density at radius 2 is 1.71 bits per heavy atom. The van der Waals surface area contributed by atoms with Gasteiger partial charge >= 0.3 is 6.18 Å². The molecule has 0 aromatic carbocycles. The van der Waals surface area contributed by atoms with Crippen LogP contribution in [0.4, 0.5) is 13.2 Å². The third-order valence-corrected chi connectivity index (χ3v) is 5.10. The van der Waals surface area contributed by atoms with Crippen LogP contribution in [-0.4, -0.2) is 48.2 Å². The number of halogens is 4. The molecule has 0 amide bonds. The molecule has 1 saturated heterocycles. The quantitative estimate of drug-likeness (QED) is 0.410. The van der Waals surface area contributed by atoms with Crippen LogP contribution in [0.25, 0.3) is 0 Å². The minimum Gasteiger partial charge on any atom is -0.370 e. The molecular formula is C13H23F3IN3S. The second-order valence-electron chi connectivity index (χ2n) is 5.56. The van der Waals surface area contributed by atoms with Crippen LogP contribution in [0.15, 0.2) is 4.99 Å². The van der Waals surface area contributed by atoms with Crippen LogP contribution in [0.3, 0.4) is 0 Å². The lowest BCUT2D eigenvalue weighted by Crippen LogP contribution is -2.43. The summed E-state index contributed by atoms with van der Waals surface area (Å²) in [5.41, 5.74) is 5.95. The summed E-state index contributed by atoms with van der Waals surface area (Å²) < 4.78 is 37.7. The number of hydrogen-bond acceptors (Lipinski definition) is 2. The highest BCUT2D eigenvalue weighted by Gasteiger charge is 2.41. The molecule has 0 bridgehead atoms. The average molecular weight is 437 g/mol. The van der Waals surface area contributed by atoms with Crippen LogP contribution < -0.4 is 5.73 Å². The number of alkyl halides is 3. The van der Waals surface area contributed by atoms with E-state index in [9.17, 15) is 13.2 Å². The first-order valence-electron chi connectivity index (χ1n) is 7.16. The number of nitrogens with zero attached hydrogens (tertiary/aromatic N) is 2. The summed E-state index contributed by atoms with van der Waals surface area (Å²) in [6.45, 7) is 2.40. The molecule has 2 fully saturated rings. The van der Waals surface area contributed by atoms with Crippen molar-refractivity contribution >= 4 is 41.7 Å². The van der Waals surface area contributed by atoms with Gasteiger partial charge in [0.05, 0.1) is 5.92 Å². The fourth-order valence-electron chi connectivity index (χ4n) is 2.79. The molecule has 8 heteroatoms. The van der Waals surface area contributed by atoms with Crippen molar-refractivity contribution in [3.8, 4) is 0 Å². The molecule has 2 aliphatic rings. The van der Waals surface area contributed by atoms with Gasteiger partial charge in [-0.3, -0.25) is 4.99 Å². The molecule has 2 N–H and O–H groups in total. The summed E-state index contributed by atoms with van der Waals surface area (Å²) in [6, 6.07) is 0. The van der Waals surface area contributed by atoms with Gasteiger partial charge in [0, 0.05) is 31.1 Å². The van der Waals surface area contributed by atoms with Crippen molar-refractivity contribution in [1.29, 1.82) is 0 Å². The lowest BCUT2D eigenvalue weighted by atomic mass is 9.82. The molecule has 0 aromatic rings. The maximum absolute atomic E-state index is 12.6. The maximum Gasteiger partial charge on any atom is 0.391 e. The van der Waals surface area contributed by atoms with E-state index >= 15 is 0 Å². The predicted molar refractivity (Wildman–Crippen MR) is 92.3 cm³/mol. The Labute approximate surface area is 145 Å². The monoisotopic (exact) mass is 437 g/mol. The highest BCUT2D eigenvalue weighted by Crippen LogP contribution is 2.39. The summed E-state index contributed by atoms with van der Waals surface area (Å²) in [7, 11) is 0. The van der Waals surface area contributed by atoms with Crippen molar-refractivity contribution in [2.45, 2.75) is 31.9 Å². The van der Waals surface area contributed by atoms with E-state index in [0.717, 1.165) is 24.6 Å². The highest BCUT2D eigenvalue weighted by molar-refractivity contribution is 14.0. The third-order valence-electron chi connectivity index (χ3n) is 4.16. The Morgan fingerprint density at radius 1 is 1.14 bits per heavy atom. The summed E-state index contributed by atoms with van der Waals surface area (Å²) in [5.74, 6) is 1.83. The molecule has 21 heavy (non-hydrogen) atoms. The van der Waals surface area contributed by atoms with Gasteiger partial charge in [-0.2, -0.15) is 24.9 Å². The molecule has 124 valence electrons. The molecule has 1 aliphatic carbocycles. The van der Waals surface area contributed by atoms with E-state index in [0.29, 0.717) is 25.3 Å². The molecule has 3 nitrogen and oxygen atoms in total. The Morgan fingerprint density at radius 3 is 2.24 bits per heavy atom. The Hall–Kier alpha value is 0.140. The van der Waals surface area contributed by atoms with Crippen LogP contribution >= 0.6 is 35.7 Å². The second-order valence-corrected chi connectivity index (χ2v) is 6.78. The predicted octanol–water partition coefficient (Wildman–Crippen LogP) is 3.34. The normalized spacial score (nSPS) is 28.1. The first kappa shape index (κ1) is 19.2. The van der Waals surface area contributed by atoms with Gasteiger partial charge in [-0.05, 0) is 31.6 Å². The number of rotatable bonds is 2. The average Bonchev–Trinajstić information content (AvgIpc) is 2.45. The minimum atomic E-state index is -4.03. The number of hydrogen-bond donors (Lipinski definition) is 1. The van der Waals surface area contributed by atoms with Crippen molar-refractivity contribution in [3.05, 3.63) is 0 Å². The van der Waals surface area contributed by atoms with E-state index in [1.807, 2.05) is 11.8 Å².